The molecule has 1 aliphatic heterocycles. The number of ketones is 1. The zero-order valence-corrected chi connectivity index (χ0v) is 8.48. The van der Waals surface area contributed by atoms with E-state index in [2.05, 4.69) is 21.2 Å². The minimum atomic E-state index is -0.0281. The van der Waals surface area contributed by atoms with E-state index in [9.17, 15) is 4.79 Å². The van der Waals surface area contributed by atoms with Crippen LogP contribution < -0.4 is 16.1 Å². The molecule has 0 atom stereocenters. The Labute approximate surface area is 86.9 Å². The highest BCUT2D eigenvalue weighted by atomic mass is 16.1. The number of Topliss-reactive ketones (excluding diaryl/α,β-unsaturated/α-hetero) is 1. The molecule has 0 aliphatic carbocycles. The van der Waals surface area contributed by atoms with Crippen LogP contribution in [-0.4, -0.2) is 16.6 Å². The lowest BCUT2D eigenvalue weighted by Gasteiger charge is -2.17. The molecule has 2 rings (SSSR count). The van der Waals surface area contributed by atoms with Gasteiger partial charge in [0.2, 0.25) is 0 Å². The van der Waals surface area contributed by atoms with E-state index in [4.69, 9.17) is 0 Å². The number of carbonyl (C=O) groups is 1. The molecule has 0 amide bonds. The summed E-state index contributed by atoms with van der Waals surface area (Å²) in [5, 5.41) is 5.55. The number of anilines is 1. The van der Waals surface area contributed by atoms with E-state index >= 15 is 0 Å². The normalized spacial score (nSPS) is 14.8. The minimum absolute atomic E-state index is 0.0281. The maximum atomic E-state index is 11.4. The Morgan fingerprint density at radius 3 is 2.93 bits per heavy atom. The summed E-state index contributed by atoms with van der Waals surface area (Å²) in [4.78, 5) is 15.5. The van der Waals surface area contributed by atoms with Crippen LogP contribution in [-0.2, 0) is 0 Å². The largest absolute Gasteiger partial charge is 0.294 e. The van der Waals surface area contributed by atoms with E-state index in [1.165, 1.54) is 6.92 Å². The topological polar surface area (TPSA) is 69.6 Å². The van der Waals surface area contributed by atoms with Crippen molar-refractivity contribution >= 4 is 17.4 Å². The molecule has 78 valence electrons. The van der Waals surface area contributed by atoms with Crippen molar-refractivity contribution in [2.24, 2.45) is 5.10 Å². The Morgan fingerprint density at radius 1 is 1.53 bits per heavy atom. The average Bonchev–Trinajstić information content (AvgIpc) is 2.64. The van der Waals surface area contributed by atoms with Crippen molar-refractivity contribution in [3.8, 4) is 0 Å². The van der Waals surface area contributed by atoms with Gasteiger partial charge in [0.25, 0.3) is 0 Å². The van der Waals surface area contributed by atoms with Gasteiger partial charge in [-0.15, -0.1) is 10.6 Å². The van der Waals surface area contributed by atoms with Crippen LogP contribution >= 0.6 is 0 Å². The zero-order valence-electron chi connectivity index (χ0n) is 8.48. The Kier molecular flexibility index (Phi) is 2.34. The SMILES string of the molecule is CC(=O)c1cccnc1N1NNN=C1C. The smallest absolute Gasteiger partial charge is 0.163 e. The molecule has 0 fully saturated rings. The molecule has 2 heterocycles. The van der Waals surface area contributed by atoms with Crippen LogP contribution in [0.25, 0.3) is 0 Å². The van der Waals surface area contributed by atoms with E-state index in [-0.39, 0.29) is 5.78 Å². The molecule has 0 unspecified atom stereocenters. The van der Waals surface area contributed by atoms with Gasteiger partial charge in [-0.25, -0.2) is 15.5 Å². The van der Waals surface area contributed by atoms with Crippen molar-refractivity contribution < 1.29 is 4.79 Å². The maximum Gasteiger partial charge on any atom is 0.163 e. The van der Waals surface area contributed by atoms with Crippen molar-refractivity contribution in [3.63, 3.8) is 0 Å². The molecule has 0 saturated carbocycles. The first-order valence-electron chi connectivity index (χ1n) is 4.51. The van der Waals surface area contributed by atoms with Crippen LogP contribution in [0.2, 0.25) is 0 Å². The second-order valence-corrected chi connectivity index (χ2v) is 3.15. The highest BCUT2D eigenvalue weighted by Crippen LogP contribution is 2.17. The standard InChI is InChI=1S/C9H11N5O/c1-6(15)8-4-3-5-10-9(8)14-7(2)11-12-13-14/h3-5,12-13H,1-2H3. The number of amidine groups is 1. The molecule has 0 bridgehead atoms. The van der Waals surface area contributed by atoms with Crippen LogP contribution in [0.5, 0.6) is 0 Å². The molecule has 1 aromatic rings. The van der Waals surface area contributed by atoms with Crippen LogP contribution in [0.4, 0.5) is 5.82 Å². The van der Waals surface area contributed by atoms with Gasteiger partial charge in [-0.3, -0.25) is 4.79 Å². The zero-order chi connectivity index (χ0) is 10.8. The summed E-state index contributed by atoms with van der Waals surface area (Å²) in [5.41, 5.74) is 5.94. The van der Waals surface area contributed by atoms with Gasteiger partial charge in [-0.2, -0.15) is 0 Å². The number of rotatable bonds is 2. The lowest BCUT2D eigenvalue weighted by molar-refractivity contribution is 0.101. The second kappa shape index (κ2) is 3.66. The van der Waals surface area contributed by atoms with Gasteiger partial charge in [-0.1, -0.05) is 0 Å². The van der Waals surface area contributed by atoms with Crippen LogP contribution in [0.1, 0.15) is 24.2 Å². The minimum Gasteiger partial charge on any atom is -0.294 e. The van der Waals surface area contributed by atoms with Gasteiger partial charge >= 0.3 is 0 Å². The third kappa shape index (κ3) is 1.66. The molecule has 0 spiro atoms. The molecule has 2 N–H and O–H groups in total. The van der Waals surface area contributed by atoms with E-state index in [0.29, 0.717) is 17.2 Å². The third-order valence-electron chi connectivity index (χ3n) is 2.08. The quantitative estimate of drug-likeness (QED) is 0.686. The highest BCUT2D eigenvalue weighted by Gasteiger charge is 2.20. The third-order valence-corrected chi connectivity index (χ3v) is 2.08. The number of carbonyl (C=O) groups excluding carboxylic acids is 1. The Bertz CT molecular complexity index is 428. The second-order valence-electron chi connectivity index (χ2n) is 3.15. The van der Waals surface area contributed by atoms with Gasteiger partial charge in [0.05, 0.1) is 5.56 Å². The number of hydrazine groups is 2. The Hall–Kier alpha value is -1.95. The first-order valence-corrected chi connectivity index (χ1v) is 4.51. The first-order chi connectivity index (χ1) is 7.20. The lowest BCUT2D eigenvalue weighted by Crippen LogP contribution is -2.41. The average molecular weight is 205 g/mol. The number of nitrogens with one attached hydrogen (secondary N) is 2. The Morgan fingerprint density at radius 2 is 2.33 bits per heavy atom. The van der Waals surface area contributed by atoms with Crippen molar-refractivity contribution in [1.29, 1.82) is 0 Å². The maximum absolute atomic E-state index is 11.4. The number of aromatic nitrogens is 1. The molecule has 6 heteroatoms. The molecule has 6 nitrogen and oxygen atoms in total. The van der Waals surface area contributed by atoms with Gasteiger partial charge in [0, 0.05) is 6.20 Å². The number of hydrogen-bond acceptors (Lipinski definition) is 6. The molecule has 1 aromatic heterocycles. The fraction of sp³-hybridized carbons (Fsp3) is 0.222. The van der Waals surface area contributed by atoms with Gasteiger partial charge in [0.15, 0.2) is 11.6 Å². The van der Waals surface area contributed by atoms with E-state index in [0.717, 1.165) is 0 Å². The van der Waals surface area contributed by atoms with Crippen molar-refractivity contribution in [1.82, 2.24) is 16.1 Å². The molecule has 0 aromatic carbocycles. The highest BCUT2D eigenvalue weighted by molar-refractivity contribution is 6.04. The molecule has 15 heavy (non-hydrogen) atoms. The molecule has 0 radical (unpaired) electrons. The predicted octanol–water partition coefficient (Wildman–Crippen LogP) is 0.447. The van der Waals surface area contributed by atoms with Crippen molar-refractivity contribution in [3.05, 3.63) is 23.9 Å². The Balaban J connectivity index is 2.43. The van der Waals surface area contributed by atoms with Crippen molar-refractivity contribution in [2.75, 3.05) is 5.01 Å². The van der Waals surface area contributed by atoms with E-state index in [1.54, 1.807) is 23.3 Å². The van der Waals surface area contributed by atoms with E-state index < -0.39 is 0 Å². The molecule has 0 saturated heterocycles. The fourth-order valence-electron chi connectivity index (χ4n) is 1.34. The number of hydrazone groups is 1. The summed E-state index contributed by atoms with van der Waals surface area (Å²) in [6.45, 7) is 3.32. The van der Waals surface area contributed by atoms with Gasteiger partial charge in [0.1, 0.15) is 5.84 Å². The summed E-state index contributed by atoms with van der Waals surface area (Å²) in [6, 6.07) is 3.47. The lowest BCUT2D eigenvalue weighted by atomic mass is 10.2. The number of pyridine rings is 1. The first kappa shape index (κ1) is 9.60. The number of nitrogens with zero attached hydrogens (tertiary/aromatic N) is 3. The molecule has 1 aliphatic rings. The van der Waals surface area contributed by atoms with Crippen LogP contribution in [0, 0.1) is 0 Å². The summed E-state index contributed by atoms with van der Waals surface area (Å²) in [5.74, 6) is 1.23. The van der Waals surface area contributed by atoms with Gasteiger partial charge in [-0.05, 0) is 26.0 Å². The fourth-order valence-corrected chi connectivity index (χ4v) is 1.34. The van der Waals surface area contributed by atoms with Gasteiger partial charge < -0.3 is 0 Å². The number of hydrogen-bond donors (Lipinski definition) is 2. The predicted molar refractivity (Wildman–Crippen MR) is 56.1 cm³/mol. The van der Waals surface area contributed by atoms with E-state index in [1.807, 2.05) is 6.92 Å². The molecular formula is C9H11N5O. The summed E-state index contributed by atoms with van der Waals surface area (Å²) in [7, 11) is 0. The monoisotopic (exact) mass is 205 g/mol. The summed E-state index contributed by atoms with van der Waals surface area (Å²) >= 11 is 0. The van der Waals surface area contributed by atoms with Crippen LogP contribution in [0.3, 0.4) is 0 Å². The summed E-state index contributed by atoms with van der Waals surface area (Å²) < 4.78 is 0. The summed E-state index contributed by atoms with van der Waals surface area (Å²) in [6.07, 6.45) is 1.63. The molecular weight excluding hydrogens is 194 g/mol. The van der Waals surface area contributed by atoms with Crippen molar-refractivity contribution in [2.45, 2.75) is 13.8 Å². The van der Waals surface area contributed by atoms with Crippen LogP contribution in [0.15, 0.2) is 23.4 Å².